The van der Waals surface area contributed by atoms with Crippen LogP contribution in [0.25, 0.3) is 0 Å². The normalized spacial score (nSPS) is 5.50. The Morgan fingerprint density at radius 2 is 1.83 bits per heavy atom. The van der Waals surface area contributed by atoms with Crippen molar-refractivity contribution in [2.75, 3.05) is 0 Å². The maximum absolute atomic E-state index is 8.90. The van der Waals surface area contributed by atoms with Crippen LogP contribution in [0.4, 0.5) is 4.79 Å². The van der Waals surface area contributed by atoms with E-state index in [2.05, 4.69) is 4.89 Å². The largest absolute Gasteiger partial charge is 0.537 e. The molecule has 0 amide bonds. The van der Waals surface area contributed by atoms with E-state index < -0.39 is 6.16 Å². The van der Waals surface area contributed by atoms with E-state index in [1.807, 2.05) is 0 Å². The molecule has 0 aliphatic heterocycles. The fraction of sp³-hybridized carbons (Fsp3) is 0. The van der Waals surface area contributed by atoms with Crippen molar-refractivity contribution >= 4 is 6.16 Å². The third-order valence-electron chi connectivity index (χ3n) is 0.0781. The number of hydrogen-bond donors (Lipinski definition) is 2. The van der Waals surface area contributed by atoms with Gasteiger partial charge in [0.05, 0.1) is 0 Å². The summed E-state index contributed by atoms with van der Waals surface area (Å²) in [7, 11) is 0. The van der Waals surface area contributed by atoms with Gasteiger partial charge in [-0.2, -0.15) is 5.26 Å². The van der Waals surface area contributed by atoms with Crippen LogP contribution in [-0.4, -0.2) is 16.5 Å². The molecule has 4 nitrogen and oxygen atoms in total. The van der Waals surface area contributed by atoms with Crippen LogP contribution in [0.3, 0.4) is 0 Å². The van der Waals surface area contributed by atoms with Gasteiger partial charge in [-0.1, -0.05) is 0 Å². The molecule has 0 saturated heterocycles. The number of hydrogen-bond acceptors (Lipinski definition) is 3. The van der Waals surface area contributed by atoms with E-state index >= 15 is 0 Å². The summed E-state index contributed by atoms with van der Waals surface area (Å²) in [6.07, 6.45) is -1.69. The molecule has 0 saturated carbocycles. The fourth-order valence-corrected chi connectivity index (χ4v) is 0. The van der Waals surface area contributed by atoms with Crippen LogP contribution in [0, 0.1) is 37.7 Å². The first-order chi connectivity index (χ1) is 2.27. The van der Waals surface area contributed by atoms with Gasteiger partial charge in [-0.05, 0) is 0 Å². The fourth-order valence-electron chi connectivity index (χ4n) is 0. The average Bonchev–Trinajstić information content (AvgIpc) is 1.38. The molecule has 0 aliphatic carbocycles. The van der Waals surface area contributed by atoms with E-state index in [0.717, 1.165) is 0 Å². The molecule has 0 aromatic carbocycles. The predicted octanol–water partition coefficient (Wildman–Crippen LogP) is 0.154. The van der Waals surface area contributed by atoms with Gasteiger partial charge in [0.15, 0.2) is 0 Å². The first-order valence-corrected chi connectivity index (χ1v) is 0.814. The minimum atomic E-state index is -1.69. The molecule has 41 valence electrons. The number of rotatable bonds is 0. The molecule has 0 rings (SSSR count). The Hall–Kier alpha value is 0.490. The summed E-state index contributed by atoms with van der Waals surface area (Å²) >= 11 is 0. The van der Waals surface area contributed by atoms with Crippen LogP contribution in [0.5, 0.6) is 0 Å². The molecular formula is CH2HoO4. The first kappa shape index (κ1) is 9.70. The predicted molar refractivity (Wildman–Crippen MR) is 11.7 cm³/mol. The van der Waals surface area contributed by atoms with Crippen LogP contribution < -0.4 is 0 Å². The third kappa shape index (κ3) is 8.82. The van der Waals surface area contributed by atoms with Crippen molar-refractivity contribution < 1.29 is 57.8 Å². The van der Waals surface area contributed by atoms with Gasteiger partial charge in [0.25, 0.3) is 0 Å². The van der Waals surface area contributed by atoms with Crippen LogP contribution in [0.15, 0.2) is 0 Å². The Morgan fingerprint density at radius 3 is 1.83 bits per heavy atom. The zero-order valence-electron chi connectivity index (χ0n) is 2.51. The smallest absolute Gasteiger partial charge is 0.448 e. The van der Waals surface area contributed by atoms with E-state index in [1.54, 1.807) is 0 Å². The average molecular weight is 243 g/mol. The Balaban J connectivity index is 0. The number of carbonyl (C=O) groups is 1. The van der Waals surface area contributed by atoms with Crippen molar-refractivity contribution in [2.24, 2.45) is 0 Å². The number of carboxylic acid groups (broad SMARTS) is 1. The first-order valence-electron chi connectivity index (χ1n) is 0.814. The quantitative estimate of drug-likeness (QED) is 0.361. The molecule has 5 heteroatoms. The Kier molecular flexibility index (Phi) is 8.88. The van der Waals surface area contributed by atoms with Gasteiger partial charge in [-0.15, -0.1) is 0 Å². The maximum Gasteiger partial charge on any atom is 0.537 e. The minimum absolute atomic E-state index is 0. The summed E-state index contributed by atoms with van der Waals surface area (Å²) in [6, 6.07) is 0. The van der Waals surface area contributed by atoms with Crippen LogP contribution in [0.1, 0.15) is 0 Å². The van der Waals surface area contributed by atoms with Crippen LogP contribution >= 0.6 is 0 Å². The van der Waals surface area contributed by atoms with Crippen molar-refractivity contribution in [2.45, 2.75) is 0 Å². The van der Waals surface area contributed by atoms with Crippen molar-refractivity contribution in [3.63, 3.8) is 0 Å². The van der Waals surface area contributed by atoms with E-state index in [-0.39, 0.29) is 37.7 Å². The molecule has 6 heavy (non-hydrogen) atoms. The van der Waals surface area contributed by atoms with Crippen molar-refractivity contribution in [1.82, 2.24) is 0 Å². The monoisotopic (exact) mass is 243 g/mol. The van der Waals surface area contributed by atoms with Gasteiger partial charge >= 0.3 is 6.16 Å². The molecule has 0 heterocycles. The summed E-state index contributed by atoms with van der Waals surface area (Å²) < 4.78 is 0. The topological polar surface area (TPSA) is 66.8 Å². The van der Waals surface area contributed by atoms with Gasteiger partial charge in [-0.25, -0.2) is 4.79 Å². The Bertz CT molecular complexity index is 42.8. The molecule has 0 aromatic rings. The molecule has 2 N–H and O–H groups in total. The van der Waals surface area contributed by atoms with Crippen molar-refractivity contribution in [1.29, 1.82) is 0 Å². The molecule has 0 fully saturated rings. The summed E-state index contributed by atoms with van der Waals surface area (Å²) in [6.45, 7) is 0. The standard InChI is InChI=1S/CH2O4.Ho/c2-1(3)5-4;/h4H,(H,2,3);. The molecule has 0 atom stereocenters. The third-order valence-corrected chi connectivity index (χ3v) is 0.0781. The summed E-state index contributed by atoms with van der Waals surface area (Å²) in [4.78, 5) is 11.6. The second-order valence-electron chi connectivity index (χ2n) is 0.357. The Morgan fingerprint density at radius 1 is 1.67 bits per heavy atom. The van der Waals surface area contributed by atoms with Crippen molar-refractivity contribution in [3.8, 4) is 0 Å². The summed E-state index contributed by atoms with van der Waals surface area (Å²) in [5, 5.41) is 14.3. The zero-order chi connectivity index (χ0) is 4.28. The van der Waals surface area contributed by atoms with Gasteiger partial charge in [0.2, 0.25) is 0 Å². The maximum atomic E-state index is 8.90. The van der Waals surface area contributed by atoms with E-state index in [0.29, 0.717) is 0 Å². The van der Waals surface area contributed by atoms with Crippen LogP contribution in [0.2, 0.25) is 0 Å². The molecule has 0 unspecified atom stereocenters. The molecule has 1 radical (unpaired) electrons. The van der Waals surface area contributed by atoms with E-state index in [4.69, 9.17) is 15.2 Å². The van der Waals surface area contributed by atoms with Crippen molar-refractivity contribution in [3.05, 3.63) is 0 Å². The summed E-state index contributed by atoms with van der Waals surface area (Å²) in [5.74, 6) is 0. The molecule has 0 bridgehead atoms. The molecule has 0 aromatic heterocycles. The molecular weight excluding hydrogens is 241 g/mol. The summed E-state index contributed by atoms with van der Waals surface area (Å²) in [5.41, 5.74) is 0. The second-order valence-corrected chi connectivity index (χ2v) is 0.357. The SMILES string of the molecule is O=C(O)OO.[Ho]. The molecule has 0 aliphatic rings. The second kappa shape index (κ2) is 5.49. The van der Waals surface area contributed by atoms with E-state index in [1.165, 1.54) is 0 Å². The Labute approximate surface area is 63.6 Å². The zero-order valence-corrected chi connectivity index (χ0v) is 4.45. The van der Waals surface area contributed by atoms with Crippen LogP contribution in [-0.2, 0) is 4.89 Å². The minimum Gasteiger partial charge on any atom is -0.448 e. The van der Waals surface area contributed by atoms with Gasteiger partial charge in [0.1, 0.15) is 0 Å². The molecule has 0 spiro atoms. The van der Waals surface area contributed by atoms with Gasteiger partial charge < -0.3 is 5.11 Å². The van der Waals surface area contributed by atoms with Gasteiger partial charge in [-0.3, -0.25) is 4.89 Å². The van der Waals surface area contributed by atoms with E-state index in [9.17, 15) is 0 Å². The van der Waals surface area contributed by atoms with Gasteiger partial charge in [0, 0.05) is 37.7 Å².